The smallest absolute Gasteiger partial charge is 0.338 e. The van der Waals surface area contributed by atoms with Crippen LogP contribution in [0.4, 0.5) is 5.69 Å². The van der Waals surface area contributed by atoms with Crippen LogP contribution in [0.5, 0.6) is 0 Å². The minimum Gasteiger partial charge on any atom is -0.466 e. The molecule has 0 radical (unpaired) electrons. The molecule has 3 N–H and O–H groups in total. The minimum atomic E-state index is -1.00. The van der Waals surface area contributed by atoms with Crippen molar-refractivity contribution in [1.82, 2.24) is 10.2 Å². The number of allylic oxidation sites excluding steroid dienone is 1. The van der Waals surface area contributed by atoms with Crippen LogP contribution in [0.15, 0.2) is 77.3 Å². The van der Waals surface area contributed by atoms with Crippen LogP contribution in [0.3, 0.4) is 0 Å². The molecule has 0 aliphatic carbocycles. The van der Waals surface area contributed by atoms with Gasteiger partial charge in [-0.05, 0) is 25.1 Å². The van der Waals surface area contributed by atoms with Crippen LogP contribution in [-0.2, 0) is 25.6 Å². The zero-order valence-electron chi connectivity index (χ0n) is 19.8. The molecule has 10 heteroatoms. The van der Waals surface area contributed by atoms with E-state index in [4.69, 9.17) is 15.2 Å². The minimum absolute atomic E-state index is 0.00463. The molecule has 2 aromatic rings. The predicted octanol–water partition coefficient (Wildman–Crippen LogP) is 2.57. The molecule has 0 fully saturated rings. The molecular weight excluding hydrogens is 452 g/mol. The summed E-state index contributed by atoms with van der Waals surface area (Å²) in [5, 5.41) is 14.2. The monoisotopic (exact) mass is 480 g/mol. The standard InChI is InChI=1S/C25H28N4O6/c1-16-20(25(31)35-13-12-28(2)15-17-8-5-4-6-9-17)21(22(23(26)27-16)24(30)34-3)18-10-7-11-19(14-18)29(32)33/h4-11,14,21,27H,12-13,15,26H2,1-3H3. The van der Waals surface area contributed by atoms with Crippen molar-refractivity contribution >= 4 is 17.6 Å². The molecule has 184 valence electrons. The van der Waals surface area contributed by atoms with E-state index in [1.54, 1.807) is 13.0 Å². The Morgan fingerprint density at radius 3 is 2.49 bits per heavy atom. The van der Waals surface area contributed by atoms with Gasteiger partial charge in [0.2, 0.25) is 0 Å². The number of carbonyl (C=O) groups excluding carboxylic acids is 2. The Kier molecular flexibility index (Phi) is 8.21. The maximum Gasteiger partial charge on any atom is 0.338 e. The molecule has 1 atom stereocenters. The first-order valence-corrected chi connectivity index (χ1v) is 10.9. The highest BCUT2D eigenvalue weighted by molar-refractivity contribution is 5.99. The third kappa shape index (κ3) is 6.04. The van der Waals surface area contributed by atoms with Gasteiger partial charge in [0, 0.05) is 30.9 Å². The molecule has 1 heterocycles. The lowest BCUT2D eigenvalue weighted by Gasteiger charge is -2.29. The number of esters is 2. The van der Waals surface area contributed by atoms with Crippen LogP contribution < -0.4 is 11.1 Å². The third-order valence-electron chi connectivity index (χ3n) is 5.63. The van der Waals surface area contributed by atoms with Gasteiger partial charge < -0.3 is 20.5 Å². The van der Waals surface area contributed by atoms with Crippen molar-refractivity contribution in [2.24, 2.45) is 5.73 Å². The van der Waals surface area contributed by atoms with Crippen molar-refractivity contribution in [3.8, 4) is 0 Å². The molecule has 1 aliphatic rings. The fourth-order valence-electron chi connectivity index (χ4n) is 3.96. The highest BCUT2D eigenvalue weighted by Crippen LogP contribution is 2.39. The van der Waals surface area contributed by atoms with Gasteiger partial charge in [-0.15, -0.1) is 0 Å². The Hall–Kier alpha value is -4.18. The fourth-order valence-corrected chi connectivity index (χ4v) is 3.96. The molecule has 3 rings (SSSR count). The molecule has 0 bridgehead atoms. The lowest BCUT2D eigenvalue weighted by atomic mass is 9.81. The topological polar surface area (TPSA) is 137 Å². The van der Waals surface area contributed by atoms with Crippen molar-refractivity contribution in [2.45, 2.75) is 19.4 Å². The summed E-state index contributed by atoms with van der Waals surface area (Å²) in [6, 6.07) is 15.6. The van der Waals surface area contributed by atoms with Crippen LogP contribution in [0.25, 0.3) is 0 Å². The molecule has 1 aliphatic heterocycles. The quantitative estimate of drug-likeness (QED) is 0.315. The second-order valence-corrected chi connectivity index (χ2v) is 8.13. The summed E-state index contributed by atoms with van der Waals surface area (Å²) in [4.78, 5) is 38.7. The maximum absolute atomic E-state index is 13.2. The van der Waals surface area contributed by atoms with Crippen molar-refractivity contribution in [3.63, 3.8) is 0 Å². The Balaban J connectivity index is 1.84. The number of rotatable bonds is 9. The van der Waals surface area contributed by atoms with E-state index in [0.29, 0.717) is 24.4 Å². The zero-order valence-corrected chi connectivity index (χ0v) is 19.8. The number of nitrogens with zero attached hydrogens (tertiary/aromatic N) is 2. The molecule has 0 spiro atoms. The molecule has 1 unspecified atom stereocenters. The number of hydrogen-bond donors (Lipinski definition) is 2. The first-order chi connectivity index (χ1) is 16.7. The first-order valence-electron chi connectivity index (χ1n) is 10.9. The summed E-state index contributed by atoms with van der Waals surface area (Å²) < 4.78 is 10.4. The van der Waals surface area contributed by atoms with Crippen LogP contribution in [0, 0.1) is 10.1 Å². The summed E-state index contributed by atoms with van der Waals surface area (Å²) >= 11 is 0. The number of benzene rings is 2. The SMILES string of the molecule is COC(=O)C1=C(N)NC(C)=C(C(=O)OCCN(C)Cc2ccccc2)C1c1cccc([N+](=O)[O-])c1. The van der Waals surface area contributed by atoms with Crippen molar-refractivity contribution in [1.29, 1.82) is 0 Å². The van der Waals surface area contributed by atoms with Crippen LogP contribution >= 0.6 is 0 Å². The molecule has 0 aromatic heterocycles. The van der Waals surface area contributed by atoms with E-state index in [9.17, 15) is 19.7 Å². The summed E-state index contributed by atoms with van der Waals surface area (Å²) in [6.45, 7) is 2.89. The Bertz CT molecular complexity index is 1180. The van der Waals surface area contributed by atoms with Crippen LogP contribution in [-0.4, -0.2) is 49.1 Å². The van der Waals surface area contributed by atoms with Crippen molar-refractivity contribution in [2.75, 3.05) is 27.3 Å². The van der Waals surface area contributed by atoms with Crippen LogP contribution in [0.2, 0.25) is 0 Å². The first kappa shape index (κ1) is 25.4. The number of nitrogens with one attached hydrogen (secondary N) is 1. The number of ether oxygens (including phenoxy) is 2. The van der Waals surface area contributed by atoms with Gasteiger partial charge in [0.05, 0.1) is 29.1 Å². The van der Waals surface area contributed by atoms with Gasteiger partial charge in [-0.1, -0.05) is 42.5 Å². The van der Waals surface area contributed by atoms with E-state index >= 15 is 0 Å². The molecule has 35 heavy (non-hydrogen) atoms. The van der Waals surface area contributed by atoms with Crippen molar-refractivity contribution in [3.05, 3.63) is 98.5 Å². The number of non-ortho nitro benzene ring substituents is 1. The van der Waals surface area contributed by atoms with Crippen LogP contribution in [0.1, 0.15) is 24.0 Å². The van der Waals surface area contributed by atoms with Gasteiger partial charge in [0.1, 0.15) is 12.4 Å². The second kappa shape index (κ2) is 11.3. The summed E-state index contributed by atoms with van der Waals surface area (Å²) in [7, 11) is 3.11. The van der Waals surface area contributed by atoms with Gasteiger partial charge in [-0.25, -0.2) is 9.59 Å². The second-order valence-electron chi connectivity index (χ2n) is 8.13. The number of nitrogens with two attached hydrogens (primary N) is 1. The number of hydrogen-bond acceptors (Lipinski definition) is 9. The number of likely N-dealkylation sites (N-methyl/N-ethyl adjacent to an activating group) is 1. The molecule has 10 nitrogen and oxygen atoms in total. The van der Waals surface area contributed by atoms with E-state index in [-0.39, 0.29) is 29.3 Å². The van der Waals surface area contributed by atoms with E-state index in [1.165, 1.54) is 25.3 Å². The lowest BCUT2D eigenvalue weighted by Crippen LogP contribution is -2.36. The molecular formula is C25H28N4O6. The largest absolute Gasteiger partial charge is 0.466 e. The predicted molar refractivity (Wildman–Crippen MR) is 129 cm³/mol. The average molecular weight is 481 g/mol. The molecule has 0 saturated heterocycles. The van der Waals surface area contributed by atoms with Crippen molar-refractivity contribution < 1.29 is 24.0 Å². The highest BCUT2D eigenvalue weighted by atomic mass is 16.6. The number of carbonyl (C=O) groups is 2. The third-order valence-corrected chi connectivity index (χ3v) is 5.63. The van der Waals surface area contributed by atoms with E-state index < -0.39 is 22.8 Å². The highest BCUT2D eigenvalue weighted by Gasteiger charge is 2.39. The van der Waals surface area contributed by atoms with E-state index in [2.05, 4.69) is 5.32 Å². The van der Waals surface area contributed by atoms with Gasteiger partial charge >= 0.3 is 11.9 Å². The number of nitro groups is 1. The average Bonchev–Trinajstić information content (AvgIpc) is 2.83. The lowest BCUT2D eigenvalue weighted by molar-refractivity contribution is -0.384. The van der Waals surface area contributed by atoms with Gasteiger partial charge in [-0.2, -0.15) is 0 Å². The molecule has 0 saturated carbocycles. The van der Waals surface area contributed by atoms with Gasteiger partial charge in [0.15, 0.2) is 0 Å². The zero-order chi connectivity index (χ0) is 25.5. The fraction of sp³-hybridized carbons (Fsp3) is 0.280. The Morgan fingerprint density at radius 2 is 1.83 bits per heavy atom. The van der Waals surface area contributed by atoms with E-state index in [1.807, 2.05) is 42.3 Å². The number of dihydropyridines is 1. The van der Waals surface area contributed by atoms with E-state index in [0.717, 1.165) is 5.56 Å². The summed E-state index contributed by atoms with van der Waals surface area (Å²) in [5.74, 6) is -2.41. The Morgan fingerprint density at radius 1 is 1.11 bits per heavy atom. The Labute approximate surface area is 203 Å². The normalized spacial score (nSPS) is 15.6. The van der Waals surface area contributed by atoms with Gasteiger partial charge in [-0.3, -0.25) is 15.0 Å². The number of methoxy groups -OCH3 is 1. The summed E-state index contributed by atoms with van der Waals surface area (Å²) in [6.07, 6.45) is 0. The molecule has 2 aromatic carbocycles. The summed E-state index contributed by atoms with van der Waals surface area (Å²) in [5.41, 5.74) is 7.87. The number of nitro benzene ring substituents is 1. The molecule has 0 amide bonds. The van der Waals surface area contributed by atoms with Gasteiger partial charge in [0.25, 0.3) is 5.69 Å². The maximum atomic E-state index is 13.2.